The number of benzene rings is 1. The van der Waals surface area contributed by atoms with Crippen LogP contribution < -0.4 is 0 Å². The highest BCUT2D eigenvalue weighted by atomic mass is 16.5. The van der Waals surface area contributed by atoms with Gasteiger partial charge in [-0.25, -0.2) is 4.79 Å². The largest absolute Gasteiger partial charge is 0.508 e. The fraction of sp³-hybridized carbons (Fsp3) is 0.200. The Morgan fingerprint density at radius 1 is 1.57 bits per heavy atom. The van der Waals surface area contributed by atoms with Gasteiger partial charge in [0.15, 0.2) is 0 Å². The first-order chi connectivity index (χ1) is 6.60. The van der Waals surface area contributed by atoms with E-state index >= 15 is 0 Å². The lowest BCUT2D eigenvalue weighted by molar-refractivity contribution is 0.0600. The number of rotatable bonds is 1. The fourth-order valence-electron chi connectivity index (χ4n) is 1.05. The molecule has 1 aromatic rings. The summed E-state index contributed by atoms with van der Waals surface area (Å²) in [5, 5.41) is 18.1. The van der Waals surface area contributed by atoms with Gasteiger partial charge < -0.3 is 9.84 Å². The Balaban J connectivity index is 3.32. The average molecular weight is 191 g/mol. The number of hydrogen-bond acceptors (Lipinski definition) is 4. The second kappa shape index (κ2) is 3.79. The van der Waals surface area contributed by atoms with E-state index in [4.69, 9.17) is 5.26 Å². The number of carbonyl (C=O) groups is 1. The monoisotopic (exact) mass is 191 g/mol. The van der Waals surface area contributed by atoms with Crippen LogP contribution in [0.1, 0.15) is 21.5 Å². The van der Waals surface area contributed by atoms with Gasteiger partial charge in [-0.1, -0.05) is 0 Å². The zero-order valence-electron chi connectivity index (χ0n) is 7.87. The van der Waals surface area contributed by atoms with Crippen LogP contribution in [0.5, 0.6) is 5.75 Å². The molecule has 14 heavy (non-hydrogen) atoms. The number of nitrogens with zero attached hydrogens (tertiary/aromatic N) is 1. The van der Waals surface area contributed by atoms with Crippen molar-refractivity contribution < 1.29 is 14.6 Å². The van der Waals surface area contributed by atoms with Crippen LogP contribution in [0.3, 0.4) is 0 Å². The summed E-state index contributed by atoms with van der Waals surface area (Å²) in [4.78, 5) is 11.1. The van der Waals surface area contributed by atoms with E-state index in [2.05, 4.69) is 4.74 Å². The normalized spacial score (nSPS) is 9.21. The van der Waals surface area contributed by atoms with Crippen molar-refractivity contribution in [2.24, 2.45) is 0 Å². The molecule has 0 saturated carbocycles. The van der Waals surface area contributed by atoms with Gasteiger partial charge in [-0.15, -0.1) is 0 Å². The van der Waals surface area contributed by atoms with E-state index in [-0.39, 0.29) is 16.9 Å². The molecule has 0 aliphatic rings. The Morgan fingerprint density at radius 3 is 2.71 bits per heavy atom. The third kappa shape index (κ3) is 1.67. The van der Waals surface area contributed by atoms with Crippen LogP contribution in [0.4, 0.5) is 0 Å². The summed E-state index contributed by atoms with van der Waals surface area (Å²) in [5.74, 6) is -0.652. The highest BCUT2D eigenvalue weighted by Gasteiger charge is 2.11. The van der Waals surface area contributed by atoms with Gasteiger partial charge in [-0.2, -0.15) is 5.26 Å². The van der Waals surface area contributed by atoms with Gasteiger partial charge in [0.05, 0.1) is 24.3 Å². The first-order valence-electron chi connectivity index (χ1n) is 3.92. The zero-order valence-corrected chi connectivity index (χ0v) is 7.87. The van der Waals surface area contributed by atoms with Crippen molar-refractivity contribution in [1.29, 1.82) is 5.26 Å². The summed E-state index contributed by atoms with van der Waals surface area (Å²) in [7, 11) is 1.24. The van der Waals surface area contributed by atoms with Crippen LogP contribution in [0.15, 0.2) is 12.1 Å². The molecular weight excluding hydrogens is 182 g/mol. The Kier molecular flexibility index (Phi) is 2.73. The van der Waals surface area contributed by atoms with E-state index in [0.717, 1.165) is 0 Å². The van der Waals surface area contributed by atoms with Gasteiger partial charge in [-0.05, 0) is 19.1 Å². The molecule has 1 N–H and O–H groups in total. The molecule has 0 bridgehead atoms. The maximum Gasteiger partial charge on any atom is 0.338 e. The molecule has 1 aromatic carbocycles. The number of nitriles is 1. The van der Waals surface area contributed by atoms with Gasteiger partial charge in [0.2, 0.25) is 0 Å². The second-order valence-corrected chi connectivity index (χ2v) is 2.77. The summed E-state index contributed by atoms with van der Waals surface area (Å²) in [5.41, 5.74) is 0.901. The molecule has 0 aliphatic carbocycles. The lowest BCUT2D eigenvalue weighted by Gasteiger charge is -2.04. The summed E-state index contributed by atoms with van der Waals surface area (Å²) in [6, 6.07) is 4.56. The molecule has 72 valence electrons. The quantitative estimate of drug-likeness (QED) is 0.680. The molecule has 0 unspecified atom stereocenters. The number of methoxy groups -OCH3 is 1. The number of phenolic OH excluding ortho intramolecular Hbond substituents is 1. The molecule has 0 amide bonds. The maximum atomic E-state index is 11.1. The lowest BCUT2D eigenvalue weighted by atomic mass is 10.0. The van der Waals surface area contributed by atoms with Crippen molar-refractivity contribution >= 4 is 5.97 Å². The van der Waals surface area contributed by atoms with Crippen LogP contribution >= 0.6 is 0 Å². The van der Waals surface area contributed by atoms with Gasteiger partial charge in [0.1, 0.15) is 5.75 Å². The molecule has 0 atom stereocenters. The van der Waals surface area contributed by atoms with Crippen molar-refractivity contribution in [3.8, 4) is 11.8 Å². The molecule has 4 heteroatoms. The maximum absolute atomic E-state index is 11.1. The van der Waals surface area contributed by atoms with E-state index in [1.54, 1.807) is 6.92 Å². The first kappa shape index (κ1) is 10.1. The van der Waals surface area contributed by atoms with E-state index in [1.807, 2.05) is 6.07 Å². The topological polar surface area (TPSA) is 70.3 Å². The van der Waals surface area contributed by atoms with E-state index in [0.29, 0.717) is 5.56 Å². The van der Waals surface area contributed by atoms with Gasteiger partial charge in [-0.3, -0.25) is 0 Å². The third-order valence-electron chi connectivity index (χ3n) is 1.92. The Hall–Kier alpha value is -2.02. The first-order valence-corrected chi connectivity index (χ1v) is 3.92. The Bertz CT molecular complexity index is 418. The summed E-state index contributed by atoms with van der Waals surface area (Å²) in [6.07, 6.45) is 0. The molecule has 0 aromatic heterocycles. The average Bonchev–Trinajstić information content (AvgIpc) is 2.20. The molecule has 0 fully saturated rings. The van der Waals surface area contributed by atoms with Crippen molar-refractivity contribution in [2.45, 2.75) is 6.92 Å². The number of phenols is 1. The summed E-state index contributed by atoms with van der Waals surface area (Å²) >= 11 is 0. The third-order valence-corrected chi connectivity index (χ3v) is 1.92. The van der Waals surface area contributed by atoms with Gasteiger partial charge in [0.25, 0.3) is 0 Å². The smallest absolute Gasteiger partial charge is 0.338 e. The van der Waals surface area contributed by atoms with Crippen LogP contribution in [0.25, 0.3) is 0 Å². The minimum absolute atomic E-state index is 0.0792. The predicted octanol–water partition coefficient (Wildman–Crippen LogP) is 1.36. The number of esters is 1. The molecule has 0 heterocycles. The highest BCUT2D eigenvalue weighted by Crippen LogP contribution is 2.22. The van der Waals surface area contributed by atoms with Crippen LogP contribution in [-0.4, -0.2) is 18.2 Å². The Morgan fingerprint density at radius 2 is 2.21 bits per heavy atom. The number of hydrogen-bond donors (Lipinski definition) is 1. The Labute approximate surface area is 81.4 Å². The molecule has 0 spiro atoms. The van der Waals surface area contributed by atoms with E-state index in [9.17, 15) is 9.90 Å². The highest BCUT2D eigenvalue weighted by molar-refractivity contribution is 5.90. The predicted molar refractivity (Wildman–Crippen MR) is 48.9 cm³/mol. The summed E-state index contributed by atoms with van der Waals surface area (Å²) in [6.45, 7) is 1.61. The van der Waals surface area contributed by atoms with E-state index < -0.39 is 5.97 Å². The second-order valence-electron chi connectivity index (χ2n) is 2.77. The van der Waals surface area contributed by atoms with Crippen LogP contribution in [0.2, 0.25) is 0 Å². The molecule has 1 rings (SSSR count). The number of carbonyl (C=O) groups excluding carboxylic acids is 1. The zero-order chi connectivity index (χ0) is 10.7. The molecular formula is C10H9NO3. The van der Waals surface area contributed by atoms with Gasteiger partial charge >= 0.3 is 5.97 Å². The fourth-order valence-corrected chi connectivity index (χ4v) is 1.05. The van der Waals surface area contributed by atoms with Crippen molar-refractivity contribution in [3.05, 3.63) is 28.8 Å². The van der Waals surface area contributed by atoms with Crippen molar-refractivity contribution in [2.75, 3.05) is 7.11 Å². The van der Waals surface area contributed by atoms with E-state index in [1.165, 1.54) is 19.2 Å². The lowest BCUT2D eigenvalue weighted by Crippen LogP contribution is -2.02. The van der Waals surface area contributed by atoms with Crippen molar-refractivity contribution in [1.82, 2.24) is 0 Å². The minimum atomic E-state index is -0.572. The molecule has 4 nitrogen and oxygen atoms in total. The SMILES string of the molecule is COC(=O)c1cc(O)c(C)c(C#N)c1. The summed E-state index contributed by atoms with van der Waals surface area (Å²) < 4.78 is 4.47. The van der Waals surface area contributed by atoms with Crippen LogP contribution in [0, 0.1) is 18.3 Å². The van der Waals surface area contributed by atoms with Crippen LogP contribution in [-0.2, 0) is 4.74 Å². The standard InChI is InChI=1S/C10H9NO3/c1-6-8(5-11)3-7(4-9(6)12)10(13)14-2/h3-4,12H,1-2H3. The number of aromatic hydroxyl groups is 1. The minimum Gasteiger partial charge on any atom is -0.508 e. The molecule has 0 saturated heterocycles. The molecule has 0 radical (unpaired) electrons. The molecule has 0 aliphatic heterocycles. The van der Waals surface area contributed by atoms with Crippen molar-refractivity contribution in [3.63, 3.8) is 0 Å². The van der Waals surface area contributed by atoms with Gasteiger partial charge in [0, 0.05) is 5.56 Å². The number of ether oxygens (including phenoxy) is 1.